The van der Waals surface area contributed by atoms with Gasteiger partial charge in [0.25, 0.3) is 0 Å². The monoisotopic (exact) mass is 226 g/mol. The van der Waals surface area contributed by atoms with Crippen LogP contribution in [0.1, 0.15) is 5.56 Å². The summed E-state index contributed by atoms with van der Waals surface area (Å²) in [7, 11) is 0. The van der Waals surface area contributed by atoms with Gasteiger partial charge in [0.05, 0.1) is 6.20 Å². The van der Waals surface area contributed by atoms with Crippen molar-refractivity contribution < 1.29 is 0 Å². The maximum atomic E-state index is 4.40. The van der Waals surface area contributed by atoms with E-state index in [0.717, 1.165) is 21.5 Å². The third-order valence-corrected chi connectivity index (χ3v) is 3.04. The molecule has 0 spiro atoms. The van der Waals surface area contributed by atoms with E-state index in [1.165, 1.54) is 0 Å². The summed E-state index contributed by atoms with van der Waals surface area (Å²) in [5.41, 5.74) is 1.98. The van der Waals surface area contributed by atoms with Crippen molar-refractivity contribution in [2.75, 3.05) is 12.5 Å². The molecule has 74 valence electrons. The fourth-order valence-corrected chi connectivity index (χ4v) is 2.07. The van der Waals surface area contributed by atoms with Crippen molar-refractivity contribution in [1.29, 1.82) is 0 Å². The first-order valence-corrected chi connectivity index (χ1v) is 6.51. The summed E-state index contributed by atoms with van der Waals surface area (Å²) in [5.74, 6) is 0. The van der Waals surface area contributed by atoms with E-state index < -0.39 is 0 Å². The van der Waals surface area contributed by atoms with Gasteiger partial charge in [-0.2, -0.15) is 14.6 Å². The van der Waals surface area contributed by atoms with E-state index in [9.17, 15) is 0 Å². The molecule has 2 rings (SSSR count). The molecular formula is C8H10N4S2. The normalized spacial score (nSPS) is 11.1. The van der Waals surface area contributed by atoms with Crippen LogP contribution >= 0.6 is 23.5 Å². The zero-order chi connectivity index (χ0) is 10.1. The predicted octanol–water partition coefficient (Wildman–Crippen LogP) is 1.88. The van der Waals surface area contributed by atoms with Gasteiger partial charge in [-0.15, -0.1) is 0 Å². The van der Waals surface area contributed by atoms with Crippen LogP contribution in [0.15, 0.2) is 16.5 Å². The maximum absolute atomic E-state index is 4.40. The molecule has 0 aliphatic heterocycles. The molecule has 0 N–H and O–H groups in total. The number of aromatic nitrogens is 4. The molecule has 6 heteroatoms. The van der Waals surface area contributed by atoms with E-state index in [1.54, 1.807) is 28.0 Å². The van der Waals surface area contributed by atoms with Gasteiger partial charge in [0, 0.05) is 5.56 Å². The highest BCUT2D eigenvalue weighted by Gasteiger charge is 2.08. The summed E-state index contributed by atoms with van der Waals surface area (Å²) in [6, 6.07) is 0. The van der Waals surface area contributed by atoms with Gasteiger partial charge in [0.15, 0.2) is 16.0 Å². The third kappa shape index (κ3) is 1.48. The summed E-state index contributed by atoms with van der Waals surface area (Å²) in [5, 5.41) is 5.90. The Balaban J connectivity index is 2.76. The molecule has 0 bridgehead atoms. The summed E-state index contributed by atoms with van der Waals surface area (Å²) in [4.78, 5) is 8.77. The molecule has 2 heterocycles. The summed E-state index contributed by atoms with van der Waals surface area (Å²) < 4.78 is 1.78. The van der Waals surface area contributed by atoms with Gasteiger partial charge in [0.1, 0.15) is 0 Å². The Hall–Kier alpha value is -0.750. The first-order chi connectivity index (χ1) is 6.76. The molecule has 0 unspecified atom stereocenters. The van der Waals surface area contributed by atoms with Gasteiger partial charge >= 0.3 is 0 Å². The topological polar surface area (TPSA) is 43.1 Å². The Morgan fingerprint density at radius 1 is 1.21 bits per heavy atom. The largest absolute Gasteiger partial charge is 0.203 e. The third-order valence-electron chi connectivity index (χ3n) is 1.86. The lowest BCUT2D eigenvalue weighted by atomic mass is 10.4. The van der Waals surface area contributed by atoms with Crippen LogP contribution in [0.3, 0.4) is 0 Å². The molecule has 0 aliphatic carbocycles. The molecule has 14 heavy (non-hydrogen) atoms. The van der Waals surface area contributed by atoms with Crippen LogP contribution in [0.25, 0.3) is 5.65 Å². The van der Waals surface area contributed by atoms with E-state index in [2.05, 4.69) is 15.1 Å². The minimum absolute atomic E-state index is 0.797. The van der Waals surface area contributed by atoms with E-state index in [0.29, 0.717) is 0 Å². The fraction of sp³-hybridized carbons (Fsp3) is 0.375. The molecular weight excluding hydrogens is 216 g/mol. The minimum Gasteiger partial charge on any atom is -0.203 e. The first-order valence-electron chi connectivity index (χ1n) is 4.06. The van der Waals surface area contributed by atoms with Crippen molar-refractivity contribution in [3.63, 3.8) is 0 Å². The van der Waals surface area contributed by atoms with Crippen LogP contribution in [-0.2, 0) is 0 Å². The van der Waals surface area contributed by atoms with Crippen LogP contribution < -0.4 is 0 Å². The van der Waals surface area contributed by atoms with Crippen LogP contribution in [0, 0.1) is 6.92 Å². The number of nitrogens with zero attached hydrogens (tertiary/aromatic N) is 4. The van der Waals surface area contributed by atoms with Gasteiger partial charge in [-0.1, -0.05) is 23.5 Å². The van der Waals surface area contributed by atoms with Crippen LogP contribution in [0.2, 0.25) is 0 Å². The molecule has 0 aliphatic rings. The zero-order valence-corrected chi connectivity index (χ0v) is 9.82. The molecule has 2 aromatic rings. The van der Waals surface area contributed by atoms with Crippen LogP contribution in [0.5, 0.6) is 0 Å². The average Bonchev–Trinajstić information content (AvgIpc) is 2.59. The summed E-state index contributed by atoms with van der Waals surface area (Å²) in [6.07, 6.45) is 5.78. The SMILES string of the molecule is CSc1nc(SC)n2ncc(C)c2n1. The Labute approximate surface area is 90.5 Å². The van der Waals surface area contributed by atoms with E-state index in [1.807, 2.05) is 25.6 Å². The Morgan fingerprint density at radius 3 is 2.64 bits per heavy atom. The van der Waals surface area contributed by atoms with Crippen molar-refractivity contribution in [1.82, 2.24) is 19.6 Å². The van der Waals surface area contributed by atoms with Gasteiger partial charge in [-0.25, -0.2) is 4.98 Å². The molecule has 4 nitrogen and oxygen atoms in total. The number of hydrogen-bond donors (Lipinski definition) is 0. The Morgan fingerprint density at radius 2 is 2.00 bits per heavy atom. The lowest BCUT2D eigenvalue weighted by Gasteiger charge is -2.02. The highest BCUT2D eigenvalue weighted by atomic mass is 32.2. The van der Waals surface area contributed by atoms with E-state index in [4.69, 9.17) is 0 Å². The van der Waals surface area contributed by atoms with E-state index in [-0.39, 0.29) is 0 Å². The van der Waals surface area contributed by atoms with Gasteiger partial charge < -0.3 is 0 Å². The Kier molecular flexibility index (Phi) is 2.64. The molecule has 0 fully saturated rings. The van der Waals surface area contributed by atoms with Crippen molar-refractivity contribution in [3.8, 4) is 0 Å². The first kappa shape index (κ1) is 9.79. The lowest BCUT2D eigenvalue weighted by Crippen LogP contribution is -2.00. The van der Waals surface area contributed by atoms with Gasteiger partial charge in [-0.05, 0) is 19.4 Å². The van der Waals surface area contributed by atoms with Crippen LogP contribution in [-0.4, -0.2) is 32.1 Å². The highest BCUT2D eigenvalue weighted by molar-refractivity contribution is 7.99. The van der Waals surface area contributed by atoms with Gasteiger partial charge in [-0.3, -0.25) is 0 Å². The molecule has 0 radical (unpaired) electrons. The predicted molar refractivity (Wildman–Crippen MR) is 59.1 cm³/mol. The second-order valence-corrected chi connectivity index (χ2v) is 4.31. The highest BCUT2D eigenvalue weighted by Crippen LogP contribution is 2.19. The number of aryl methyl sites for hydroxylation is 1. The fourth-order valence-electron chi connectivity index (χ4n) is 1.17. The number of thioether (sulfide) groups is 2. The zero-order valence-electron chi connectivity index (χ0n) is 8.18. The number of hydrogen-bond acceptors (Lipinski definition) is 5. The standard InChI is InChI=1S/C8H10N4S2/c1-5-4-9-12-6(5)10-7(13-2)11-8(12)14-3/h4H,1-3H3. The lowest BCUT2D eigenvalue weighted by molar-refractivity contribution is 0.723. The molecule has 2 aromatic heterocycles. The summed E-state index contributed by atoms with van der Waals surface area (Å²) >= 11 is 3.13. The molecule has 0 atom stereocenters. The van der Waals surface area contributed by atoms with Crippen molar-refractivity contribution in [3.05, 3.63) is 11.8 Å². The molecule has 0 aromatic carbocycles. The number of rotatable bonds is 2. The molecule has 0 saturated carbocycles. The minimum atomic E-state index is 0.797. The smallest absolute Gasteiger partial charge is 0.193 e. The quantitative estimate of drug-likeness (QED) is 0.731. The molecule has 0 amide bonds. The molecule has 0 saturated heterocycles. The van der Waals surface area contributed by atoms with Crippen molar-refractivity contribution in [2.24, 2.45) is 0 Å². The second kappa shape index (κ2) is 3.78. The average molecular weight is 226 g/mol. The second-order valence-electron chi connectivity index (χ2n) is 2.76. The van der Waals surface area contributed by atoms with E-state index >= 15 is 0 Å². The van der Waals surface area contributed by atoms with Gasteiger partial charge in [0.2, 0.25) is 0 Å². The van der Waals surface area contributed by atoms with Crippen molar-refractivity contribution >= 4 is 29.2 Å². The van der Waals surface area contributed by atoms with Crippen LogP contribution in [0.4, 0.5) is 0 Å². The van der Waals surface area contributed by atoms with Crippen molar-refractivity contribution in [2.45, 2.75) is 17.2 Å². The number of fused-ring (bicyclic) bond motifs is 1. The Bertz CT molecular complexity index is 466. The maximum Gasteiger partial charge on any atom is 0.193 e. The summed E-state index contributed by atoms with van der Waals surface area (Å²) in [6.45, 7) is 2.00.